The van der Waals surface area contributed by atoms with Crippen molar-refractivity contribution in [2.24, 2.45) is 0 Å². The maximum Gasteiger partial charge on any atom is 0.165 e. The van der Waals surface area contributed by atoms with Crippen molar-refractivity contribution >= 4 is 0 Å². The summed E-state index contributed by atoms with van der Waals surface area (Å²) in [6.07, 6.45) is 6.20. The minimum atomic E-state index is -0.658. The molecule has 7 heteroatoms. The zero-order valence-corrected chi connectivity index (χ0v) is 16.3. The molecule has 0 saturated carbocycles. The minimum absolute atomic E-state index is 0.0857. The topological polar surface area (TPSA) is 63.4 Å². The Hall–Kier alpha value is -1.99. The molecule has 152 valence electrons. The van der Waals surface area contributed by atoms with E-state index in [9.17, 15) is 9.50 Å². The van der Waals surface area contributed by atoms with Crippen molar-refractivity contribution in [3.05, 3.63) is 41.7 Å². The van der Waals surface area contributed by atoms with Crippen LogP contribution < -0.4 is 4.74 Å². The number of aryl methyl sites for hydroxylation is 1. The molecule has 2 aromatic rings. The molecule has 0 spiro atoms. The van der Waals surface area contributed by atoms with E-state index in [0.29, 0.717) is 12.5 Å². The zero-order valence-electron chi connectivity index (χ0n) is 16.3. The van der Waals surface area contributed by atoms with Crippen molar-refractivity contribution in [3.8, 4) is 5.75 Å². The van der Waals surface area contributed by atoms with E-state index >= 15 is 0 Å². The number of fused-ring (bicyclic) bond motifs is 1. The number of aliphatic hydroxyl groups is 1. The largest absolute Gasteiger partial charge is 0.488 e. The van der Waals surface area contributed by atoms with Gasteiger partial charge in [-0.3, -0.25) is 4.90 Å². The quantitative estimate of drug-likeness (QED) is 0.824. The molecule has 2 atom stereocenters. The zero-order chi connectivity index (χ0) is 19.3. The van der Waals surface area contributed by atoms with Crippen LogP contribution in [0, 0.1) is 5.82 Å². The first-order chi connectivity index (χ1) is 13.7. The van der Waals surface area contributed by atoms with Crippen molar-refractivity contribution in [1.29, 1.82) is 0 Å². The lowest BCUT2D eigenvalue weighted by atomic mass is 9.96. The molecule has 1 fully saturated rings. The lowest BCUT2D eigenvalue weighted by Crippen LogP contribution is -2.41. The molecule has 0 aliphatic carbocycles. The van der Waals surface area contributed by atoms with Gasteiger partial charge in [-0.25, -0.2) is 4.39 Å². The van der Waals surface area contributed by atoms with Crippen LogP contribution in [0.25, 0.3) is 0 Å². The third-order valence-corrected chi connectivity index (χ3v) is 5.75. The molecule has 1 saturated heterocycles. The molecule has 1 aromatic carbocycles. The number of para-hydroxylation sites is 1. The second kappa shape index (κ2) is 9.01. The van der Waals surface area contributed by atoms with Gasteiger partial charge in [0.2, 0.25) is 0 Å². The van der Waals surface area contributed by atoms with E-state index in [1.54, 1.807) is 18.2 Å². The molecule has 28 heavy (non-hydrogen) atoms. The van der Waals surface area contributed by atoms with Gasteiger partial charge in [0.1, 0.15) is 24.4 Å². The van der Waals surface area contributed by atoms with Crippen LogP contribution in [0.2, 0.25) is 0 Å². The van der Waals surface area contributed by atoms with E-state index in [0.717, 1.165) is 50.5 Å². The lowest BCUT2D eigenvalue weighted by molar-refractivity contribution is 0.0564. The van der Waals surface area contributed by atoms with Crippen molar-refractivity contribution < 1.29 is 14.2 Å². The molecule has 0 amide bonds. The van der Waals surface area contributed by atoms with Gasteiger partial charge in [0.25, 0.3) is 0 Å². The summed E-state index contributed by atoms with van der Waals surface area (Å²) in [6, 6.07) is 6.29. The predicted octanol–water partition coefficient (Wildman–Crippen LogP) is 2.76. The molecular weight excluding hydrogens is 359 g/mol. The number of β-amino-alcohol motifs (C(OH)–C–C–N with tert-alkyl or cyclic N) is 1. The third kappa shape index (κ3) is 4.52. The fraction of sp³-hybridized carbons (Fsp3) is 0.619. The Balaban J connectivity index is 1.33. The predicted molar refractivity (Wildman–Crippen MR) is 104 cm³/mol. The van der Waals surface area contributed by atoms with Crippen molar-refractivity contribution in [2.45, 2.75) is 57.1 Å². The number of benzene rings is 1. The highest BCUT2D eigenvalue weighted by molar-refractivity contribution is 5.23. The summed E-state index contributed by atoms with van der Waals surface area (Å²) in [4.78, 5) is 2.27. The van der Waals surface area contributed by atoms with Crippen LogP contribution in [0.5, 0.6) is 5.75 Å². The van der Waals surface area contributed by atoms with Crippen molar-refractivity contribution in [3.63, 3.8) is 0 Å². The average molecular weight is 388 g/mol. The number of nitrogens with zero attached hydrogens (tertiary/aromatic N) is 4. The first-order valence-electron chi connectivity index (χ1n) is 10.4. The average Bonchev–Trinajstić information content (AvgIpc) is 2.96. The van der Waals surface area contributed by atoms with Crippen LogP contribution in [0.4, 0.5) is 4.39 Å². The highest BCUT2D eigenvalue weighted by Gasteiger charge is 2.28. The molecule has 0 bridgehead atoms. The van der Waals surface area contributed by atoms with Crippen LogP contribution >= 0.6 is 0 Å². The molecule has 2 unspecified atom stereocenters. The van der Waals surface area contributed by atoms with Gasteiger partial charge < -0.3 is 14.4 Å². The molecular formula is C21H29FN4O2. The summed E-state index contributed by atoms with van der Waals surface area (Å²) >= 11 is 0. The maximum absolute atomic E-state index is 13.6. The summed E-state index contributed by atoms with van der Waals surface area (Å²) in [5.41, 5.74) is 0. The van der Waals surface area contributed by atoms with Gasteiger partial charge in [-0.15, -0.1) is 10.2 Å². The maximum atomic E-state index is 13.6. The first-order valence-corrected chi connectivity index (χ1v) is 10.4. The van der Waals surface area contributed by atoms with Gasteiger partial charge in [-0.05, 0) is 44.4 Å². The Kier molecular flexibility index (Phi) is 6.22. The summed E-state index contributed by atoms with van der Waals surface area (Å²) in [5, 5.41) is 19.3. The molecule has 0 radical (unpaired) electrons. The number of halogens is 1. The fourth-order valence-electron chi connectivity index (χ4n) is 4.34. The van der Waals surface area contributed by atoms with Crippen molar-refractivity contribution in [1.82, 2.24) is 19.7 Å². The van der Waals surface area contributed by atoms with E-state index < -0.39 is 11.9 Å². The number of hydrogen-bond acceptors (Lipinski definition) is 5. The Morgan fingerprint density at radius 2 is 2.04 bits per heavy atom. The number of aromatic nitrogens is 3. The summed E-state index contributed by atoms with van der Waals surface area (Å²) < 4.78 is 21.4. The second-order valence-corrected chi connectivity index (χ2v) is 7.93. The van der Waals surface area contributed by atoms with E-state index in [1.807, 2.05) is 0 Å². The van der Waals surface area contributed by atoms with Crippen LogP contribution in [-0.2, 0) is 13.0 Å². The van der Waals surface area contributed by atoms with E-state index in [-0.39, 0.29) is 12.4 Å². The summed E-state index contributed by atoms with van der Waals surface area (Å²) in [6.45, 7) is 3.45. The van der Waals surface area contributed by atoms with E-state index in [1.165, 1.54) is 25.3 Å². The molecule has 1 aromatic heterocycles. The molecule has 2 aliphatic heterocycles. The lowest BCUT2D eigenvalue weighted by Gasteiger charge is -2.33. The number of aliphatic hydroxyl groups excluding tert-OH is 1. The number of hydrogen-bond donors (Lipinski definition) is 1. The Morgan fingerprint density at radius 3 is 2.93 bits per heavy atom. The summed E-state index contributed by atoms with van der Waals surface area (Å²) in [7, 11) is 0. The molecule has 4 rings (SSSR count). The first kappa shape index (κ1) is 19.3. The SMILES string of the molecule is OC(COc1ccccc1F)CN1CCCC(c2nnc3n2CCCCC3)C1. The van der Waals surface area contributed by atoms with E-state index in [2.05, 4.69) is 19.7 Å². The smallest absolute Gasteiger partial charge is 0.165 e. The van der Waals surface area contributed by atoms with Crippen LogP contribution in [0.15, 0.2) is 24.3 Å². The van der Waals surface area contributed by atoms with Gasteiger partial charge in [0.05, 0.1) is 0 Å². The van der Waals surface area contributed by atoms with Crippen LogP contribution in [0.3, 0.4) is 0 Å². The van der Waals surface area contributed by atoms with Crippen LogP contribution in [-0.4, -0.2) is 57.1 Å². The fourth-order valence-corrected chi connectivity index (χ4v) is 4.34. The Morgan fingerprint density at radius 1 is 1.14 bits per heavy atom. The van der Waals surface area contributed by atoms with Gasteiger partial charge in [0, 0.05) is 32.0 Å². The molecule has 3 heterocycles. The second-order valence-electron chi connectivity index (χ2n) is 7.93. The number of piperidine rings is 1. The highest BCUT2D eigenvalue weighted by atomic mass is 19.1. The number of ether oxygens (including phenoxy) is 1. The van der Waals surface area contributed by atoms with Gasteiger partial charge in [0.15, 0.2) is 11.6 Å². The van der Waals surface area contributed by atoms with E-state index in [4.69, 9.17) is 4.74 Å². The summed E-state index contributed by atoms with van der Waals surface area (Å²) in [5.74, 6) is 2.37. The van der Waals surface area contributed by atoms with Crippen molar-refractivity contribution in [2.75, 3.05) is 26.2 Å². The Labute approximate surface area is 165 Å². The monoisotopic (exact) mass is 388 g/mol. The molecule has 1 N–H and O–H groups in total. The van der Waals surface area contributed by atoms with Gasteiger partial charge >= 0.3 is 0 Å². The minimum Gasteiger partial charge on any atom is -0.488 e. The number of rotatable bonds is 6. The normalized spacial score (nSPS) is 21.7. The standard InChI is InChI=1S/C21H29FN4O2/c22-18-8-3-4-9-19(18)28-15-17(27)14-25-11-6-7-16(13-25)21-24-23-20-10-2-1-5-12-26(20)21/h3-4,8-9,16-17,27H,1-2,5-7,10-15H2. The Bertz CT molecular complexity index is 782. The highest BCUT2D eigenvalue weighted by Crippen LogP contribution is 2.28. The van der Waals surface area contributed by atoms with Gasteiger partial charge in [-0.1, -0.05) is 18.6 Å². The van der Waals surface area contributed by atoms with Gasteiger partial charge in [-0.2, -0.15) is 0 Å². The third-order valence-electron chi connectivity index (χ3n) is 5.75. The molecule has 6 nitrogen and oxygen atoms in total. The van der Waals surface area contributed by atoms with Crippen LogP contribution in [0.1, 0.15) is 49.7 Å². The molecule has 2 aliphatic rings. The number of likely N-dealkylation sites (tertiary alicyclic amines) is 1.